The van der Waals surface area contributed by atoms with E-state index in [2.05, 4.69) is 0 Å². The Morgan fingerprint density at radius 3 is 2.14 bits per heavy atom. The molecule has 0 N–H and O–H groups in total. The predicted molar refractivity (Wildman–Crippen MR) is 72.8 cm³/mol. The van der Waals surface area contributed by atoms with Crippen LogP contribution in [0.5, 0.6) is 23.0 Å². The fourth-order valence-corrected chi connectivity index (χ4v) is 3.01. The first-order valence-electron chi connectivity index (χ1n) is 6.69. The fraction of sp³-hybridized carbons (Fsp3) is 0.125. The first-order chi connectivity index (χ1) is 10.7. The normalized spacial score (nSPS) is 16.5. The van der Waals surface area contributed by atoms with Crippen LogP contribution in [0.15, 0.2) is 24.3 Å². The third kappa shape index (κ3) is 1.29. The second kappa shape index (κ2) is 3.79. The number of hydrogen-bond donors (Lipinski definition) is 0. The van der Waals surface area contributed by atoms with Crippen LogP contribution in [0.25, 0.3) is 11.1 Å². The van der Waals surface area contributed by atoms with Crippen LogP contribution in [0.1, 0.15) is 20.7 Å². The van der Waals surface area contributed by atoms with Gasteiger partial charge in [-0.3, -0.25) is 9.59 Å². The predicted octanol–water partition coefficient (Wildman–Crippen LogP) is 2.19. The molecule has 2 heterocycles. The lowest BCUT2D eigenvalue weighted by Crippen LogP contribution is -2.21. The number of Topliss-reactive ketones (excluding diaryl/α,β-unsaturated/α-hetero) is 2. The Bertz CT molecular complexity index is 877. The molecule has 2 aromatic rings. The maximum absolute atomic E-state index is 12.4. The molecule has 0 fully saturated rings. The summed E-state index contributed by atoms with van der Waals surface area (Å²) in [7, 11) is 0. The monoisotopic (exact) mass is 296 g/mol. The summed E-state index contributed by atoms with van der Waals surface area (Å²) >= 11 is 0. The zero-order chi connectivity index (χ0) is 14.8. The van der Waals surface area contributed by atoms with Crippen molar-refractivity contribution in [2.45, 2.75) is 0 Å². The summed E-state index contributed by atoms with van der Waals surface area (Å²) < 4.78 is 21.5. The molecule has 1 aliphatic carbocycles. The number of ether oxygens (including phenoxy) is 4. The Balaban J connectivity index is 1.88. The Morgan fingerprint density at radius 2 is 1.32 bits per heavy atom. The first-order valence-corrected chi connectivity index (χ1v) is 6.69. The van der Waals surface area contributed by atoms with Crippen molar-refractivity contribution < 1.29 is 28.5 Å². The molecule has 22 heavy (non-hydrogen) atoms. The van der Waals surface area contributed by atoms with E-state index in [0.717, 1.165) is 0 Å². The van der Waals surface area contributed by atoms with Crippen LogP contribution >= 0.6 is 0 Å². The number of fused-ring (bicyclic) bond motifs is 6. The Morgan fingerprint density at radius 1 is 0.682 bits per heavy atom. The molecule has 0 saturated carbocycles. The van der Waals surface area contributed by atoms with Crippen molar-refractivity contribution in [3.8, 4) is 34.1 Å². The topological polar surface area (TPSA) is 71.1 Å². The lowest BCUT2D eigenvalue weighted by atomic mass is 9.83. The standard InChI is InChI=1S/C16H8O6/c17-14-7-1-2-10-16(22-6-19-10)13(7)8-3-11-12(21-5-20-11)4-9(8)15(14)18/h1-4H,5-6H2. The van der Waals surface area contributed by atoms with Gasteiger partial charge in [-0.15, -0.1) is 0 Å². The van der Waals surface area contributed by atoms with E-state index < -0.39 is 11.6 Å². The fourth-order valence-electron chi connectivity index (χ4n) is 3.01. The van der Waals surface area contributed by atoms with Crippen molar-refractivity contribution in [2.24, 2.45) is 0 Å². The summed E-state index contributed by atoms with van der Waals surface area (Å²) in [6, 6.07) is 6.50. The Hall–Kier alpha value is -3.02. The van der Waals surface area contributed by atoms with Crippen molar-refractivity contribution in [1.29, 1.82) is 0 Å². The van der Waals surface area contributed by atoms with Crippen LogP contribution in [0.2, 0.25) is 0 Å². The van der Waals surface area contributed by atoms with Crippen LogP contribution in [0.3, 0.4) is 0 Å². The van der Waals surface area contributed by atoms with Gasteiger partial charge in [-0.05, 0) is 24.3 Å². The second-order valence-electron chi connectivity index (χ2n) is 5.13. The zero-order valence-corrected chi connectivity index (χ0v) is 11.2. The van der Waals surface area contributed by atoms with Gasteiger partial charge in [-0.1, -0.05) is 0 Å². The molecule has 2 aliphatic heterocycles. The largest absolute Gasteiger partial charge is 0.454 e. The third-order valence-electron chi connectivity index (χ3n) is 4.02. The summed E-state index contributed by atoms with van der Waals surface area (Å²) in [6.07, 6.45) is 0. The second-order valence-corrected chi connectivity index (χ2v) is 5.13. The molecule has 2 aromatic carbocycles. The average Bonchev–Trinajstić information content (AvgIpc) is 3.18. The summed E-state index contributed by atoms with van der Waals surface area (Å²) in [5.74, 6) is 0.943. The molecule has 3 aliphatic rings. The van der Waals surface area contributed by atoms with E-state index in [1.54, 1.807) is 24.3 Å². The molecule has 0 aromatic heterocycles. The molecule has 0 saturated heterocycles. The van der Waals surface area contributed by atoms with Crippen molar-refractivity contribution in [3.05, 3.63) is 35.4 Å². The molecule has 0 atom stereocenters. The first kappa shape index (κ1) is 11.6. The number of carbonyl (C=O) groups is 2. The molecule has 5 rings (SSSR count). The summed E-state index contributed by atoms with van der Waals surface area (Å²) in [4.78, 5) is 24.7. The van der Waals surface area contributed by atoms with Crippen molar-refractivity contribution in [3.63, 3.8) is 0 Å². The van der Waals surface area contributed by atoms with E-state index in [9.17, 15) is 9.59 Å². The van der Waals surface area contributed by atoms with Crippen LogP contribution < -0.4 is 18.9 Å². The lowest BCUT2D eigenvalue weighted by molar-refractivity contribution is 0.0815. The van der Waals surface area contributed by atoms with Crippen molar-refractivity contribution in [1.82, 2.24) is 0 Å². The summed E-state index contributed by atoms with van der Waals surface area (Å²) in [6.45, 7) is 0.188. The number of hydrogen-bond acceptors (Lipinski definition) is 6. The lowest BCUT2D eigenvalue weighted by Gasteiger charge is -2.19. The maximum Gasteiger partial charge on any atom is 0.234 e. The van der Waals surface area contributed by atoms with Crippen LogP contribution in [0.4, 0.5) is 0 Å². The van der Waals surface area contributed by atoms with E-state index in [1.807, 2.05) is 0 Å². The van der Waals surface area contributed by atoms with Crippen LogP contribution in [-0.2, 0) is 0 Å². The molecule has 0 bridgehead atoms. The summed E-state index contributed by atoms with van der Waals surface area (Å²) in [5.41, 5.74) is 1.80. The number of ketones is 2. The highest BCUT2D eigenvalue weighted by molar-refractivity contribution is 6.53. The SMILES string of the molecule is O=C1C(=O)c2ccc3c(c2-c2cc4c(cc21)OCO4)OCO3. The van der Waals surface area contributed by atoms with E-state index >= 15 is 0 Å². The van der Waals surface area contributed by atoms with E-state index in [0.29, 0.717) is 45.3 Å². The van der Waals surface area contributed by atoms with Gasteiger partial charge in [-0.25, -0.2) is 0 Å². The van der Waals surface area contributed by atoms with Gasteiger partial charge in [0.05, 0.1) is 0 Å². The van der Waals surface area contributed by atoms with Crippen LogP contribution in [-0.4, -0.2) is 25.2 Å². The number of carbonyl (C=O) groups excluding carboxylic acids is 2. The van der Waals surface area contributed by atoms with Crippen molar-refractivity contribution in [2.75, 3.05) is 13.6 Å². The van der Waals surface area contributed by atoms with E-state index in [1.165, 1.54) is 0 Å². The van der Waals surface area contributed by atoms with Crippen molar-refractivity contribution >= 4 is 11.6 Å². The van der Waals surface area contributed by atoms with Gasteiger partial charge >= 0.3 is 0 Å². The Labute approximate surface area is 124 Å². The van der Waals surface area contributed by atoms with Gasteiger partial charge in [0.2, 0.25) is 25.2 Å². The van der Waals surface area contributed by atoms with Gasteiger partial charge in [0.15, 0.2) is 23.0 Å². The third-order valence-corrected chi connectivity index (χ3v) is 4.02. The smallest absolute Gasteiger partial charge is 0.234 e. The molecule has 0 unspecified atom stereocenters. The quantitative estimate of drug-likeness (QED) is 0.694. The minimum atomic E-state index is -0.556. The highest BCUT2D eigenvalue weighted by Crippen LogP contribution is 2.49. The Kier molecular flexibility index (Phi) is 2.00. The highest BCUT2D eigenvalue weighted by Gasteiger charge is 2.37. The minimum Gasteiger partial charge on any atom is -0.454 e. The zero-order valence-electron chi connectivity index (χ0n) is 11.2. The van der Waals surface area contributed by atoms with E-state index in [-0.39, 0.29) is 13.6 Å². The molecule has 0 radical (unpaired) electrons. The average molecular weight is 296 g/mol. The molecular formula is C16H8O6. The molecule has 108 valence electrons. The number of benzene rings is 2. The van der Waals surface area contributed by atoms with Gasteiger partial charge in [0, 0.05) is 22.3 Å². The minimum absolute atomic E-state index is 0.0911. The van der Waals surface area contributed by atoms with Gasteiger partial charge in [0.1, 0.15) is 0 Å². The molecule has 0 spiro atoms. The van der Waals surface area contributed by atoms with Gasteiger partial charge in [-0.2, -0.15) is 0 Å². The highest BCUT2D eigenvalue weighted by atomic mass is 16.7. The summed E-state index contributed by atoms with van der Waals surface area (Å²) in [5, 5.41) is 0. The maximum atomic E-state index is 12.4. The van der Waals surface area contributed by atoms with E-state index in [4.69, 9.17) is 18.9 Å². The molecule has 0 amide bonds. The molecule has 6 nitrogen and oxygen atoms in total. The number of rotatable bonds is 0. The molecule has 6 heteroatoms. The van der Waals surface area contributed by atoms with Gasteiger partial charge < -0.3 is 18.9 Å². The van der Waals surface area contributed by atoms with Gasteiger partial charge in [0.25, 0.3) is 0 Å². The van der Waals surface area contributed by atoms with Crippen LogP contribution in [0, 0.1) is 0 Å². The molecular weight excluding hydrogens is 288 g/mol.